The summed E-state index contributed by atoms with van der Waals surface area (Å²) in [4.78, 5) is 29.5. The Labute approximate surface area is 344 Å². The smallest absolute Gasteiger partial charge is 0.372 e. The van der Waals surface area contributed by atoms with Crippen LogP contribution in [0.15, 0.2) is 91.5 Å². The summed E-state index contributed by atoms with van der Waals surface area (Å²) in [6.07, 6.45) is 3.52. The van der Waals surface area contributed by atoms with Crippen LogP contribution in [-0.4, -0.2) is 65.7 Å². The molecule has 308 valence electrons. The fourth-order valence-corrected chi connectivity index (χ4v) is 9.11. The van der Waals surface area contributed by atoms with Crippen molar-refractivity contribution in [1.29, 1.82) is 0 Å². The van der Waals surface area contributed by atoms with Gasteiger partial charge < -0.3 is 14.8 Å². The number of sulfonamides is 1. The second kappa shape index (κ2) is 18.5. The monoisotopic (exact) mass is 839 g/mol. The normalized spacial score (nSPS) is 17.3. The standard InChI is InChI=1S/C40H53N7O7S3/c1-9-11-12-26(10-2)24-53-38(48)56-33-22-21-31(23-32(33)47(49)50)57(51,52)45-29-15-13-27(14-16-29)36-42-37-34(35(39(3,4)5)43-46(37)44-36)55-30-19-17-28(18-20-30)41-25-54-40(6,7)8/h13-23,26,34,37,41,45H,9-12,24-25H2,1-8H3,(H,42,44). The number of amidine groups is 1. The van der Waals surface area contributed by atoms with Gasteiger partial charge in [0.25, 0.3) is 15.7 Å². The van der Waals surface area contributed by atoms with E-state index in [4.69, 9.17) is 19.6 Å². The molecule has 0 radical (unpaired) electrons. The van der Waals surface area contributed by atoms with E-state index in [9.17, 15) is 23.3 Å². The number of carbonyl (C=O) groups is 1. The number of nitro groups is 1. The van der Waals surface area contributed by atoms with Gasteiger partial charge in [-0.15, -0.1) is 11.8 Å². The molecular formula is C40H53N7O7S3. The first-order valence-electron chi connectivity index (χ1n) is 19.0. The molecule has 2 aliphatic rings. The van der Waals surface area contributed by atoms with Crippen molar-refractivity contribution in [3.05, 3.63) is 82.4 Å². The molecule has 0 saturated carbocycles. The number of fused-ring (bicyclic) bond motifs is 1. The first-order valence-corrected chi connectivity index (χ1v) is 22.2. The molecule has 17 heteroatoms. The number of carbonyl (C=O) groups excluding carboxylic acids is 1. The molecule has 2 aliphatic heterocycles. The van der Waals surface area contributed by atoms with Crippen LogP contribution >= 0.6 is 23.5 Å². The van der Waals surface area contributed by atoms with Gasteiger partial charge in [-0.2, -0.15) is 10.2 Å². The molecule has 57 heavy (non-hydrogen) atoms. The van der Waals surface area contributed by atoms with Gasteiger partial charge in [-0.05, 0) is 93.8 Å². The number of hydrazine groups is 1. The van der Waals surface area contributed by atoms with E-state index < -0.39 is 25.9 Å². The second-order valence-corrected chi connectivity index (χ2v) is 19.7. The molecule has 0 aromatic heterocycles. The molecule has 0 bridgehead atoms. The van der Waals surface area contributed by atoms with Gasteiger partial charge in [0.15, 0.2) is 12.0 Å². The Morgan fingerprint density at radius 3 is 2.32 bits per heavy atom. The van der Waals surface area contributed by atoms with Crippen molar-refractivity contribution in [2.75, 3.05) is 23.4 Å². The van der Waals surface area contributed by atoms with Crippen LogP contribution < -0.4 is 15.5 Å². The number of aliphatic imine (C=N–C) groups is 1. The molecule has 3 unspecified atom stereocenters. The van der Waals surface area contributed by atoms with E-state index in [0.29, 0.717) is 24.3 Å². The molecule has 0 fully saturated rings. The van der Waals surface area contributed by atoms with Crippen molar-refractivity contribution >= 4 is 67.5 Å². The van der Waals surface area contributed by atoms with Crippen molar-refractivity contribution in [3.8, 4) is 0 Å². The highest BCUT2D eigenvalue weighted by Gasteiger charge is 2.46. The minimum Gasteiger partial charge on any atom is -0.457 e. The topological polar surface area (TPSA) is 177 Å². The molecule has 2 heterocycles. The number of nitro benzene ring substituents is 1. The van der Waals surface area contributed by atoms with Gasteiger partial charge in [0.05, 0.1) is 37.9 Å². The van der Waals surface area contributed by atoms with Gasteiger partial charge >= 0.3 is 5.30 Å². The number of benzene rings is 3. The molecule has 0 amide bonds. The van der Waals surface area contributed by atoms with Crippen LogP contribution in [0.3, 0.4) is 0 Å². The summed E-state index contributed by atoms with van der Waals surface area (Å²) in [7, 11) is -4.23. The van der Waals surface area contributed by atoms with Crippen LogP contribution in [0.5, 0.6) is 0 Å². The van der Waals surface area contributed by atoms with Gasteiger partial charge in [0, 0.05) is 45.1 Å². The van der Waals surface area contributed by atoms with Crippen LogP contribution in [0.4, 0.5) is 21.9 Å². The van der Waals surface area contributed by atoms with Crippen LogP contribution in [0, 0.1) is 21.4 Å². The van der Waals surface area contributed by atoms with E-state index in [1.54, 1.807) is 41.1 Å². The number of nitrogens with zero attached hydrogens (tertiary/aromatic N) is 4. The lowest BCUT2D eigenvalue weighted by molar-refractivity contribution is -0.387. The number of rotatable bonds is 17. The predicted octanol–water partition coefficient (Wildman–Crippen LogP) is 9.49. The van der Waals surface area contributed by atoms with Gasteiger partial charge in [-0.25, -0.2) is 18.2 Å². The summed E-state index contributed by atoms with van der Waals surface area (Å²) >= 11 is 2.26. The third-order valence-electron chi connectivity index (χ3n) is 9.18. The number of thioether (sulfide) groups is 2. The van der Waals surface area contributed by atoms with Crippen molar-refractivity contribution in [2.24, 2.45) is 21.4 Å². The van der Waals surface area contributed by atoms with Crippen molar-refractivity contribution in [3.63, 3.8) is 0 Å². The SMILES string of the molecule is CCCCC(CC)COC(=O)Sc1ccc(S(=O)(=O)Nc2ccc(C3=NC4C(Sc5ccc(NCOC(C)(C)C)cc5)C(C(C)(C)C)=NN4N3)cc2)cc1[N+](=O)[O-]. The second-order valence-electron chi connectivity index (χ2n) is 15.9. The summed E-state index contributed by atoms with van der Waals surface area (Å²) in [5.74, 6) is 0.797. The highest BCUT2D eigenvalue weighted by Crippen LogP contribution is 2.40. The van der Waals surface area contributed by atoms with Crippen LogP contribution in [0.25, 0.3) is 0 Å². The molecule has 14 nitrogen and oxygen atoms in total. The third-order valence-corrected chi connectivity index (χ3v) is 12.7. The molecule has 3 aromatic carbocycles. The maximum Gasteiger partial charge on any atom is 0.372 e. The summed E-state index contributed by atoms with van der Waals surface area (Å²) in [6.45, 7) is 17.2. The number of anilines is 2. The number of unbranched alkanes of at least 4 members (excludes halogenated alkanes) is 1. The lowest BCUT2D eigenvalue weighted by atomic mass is 9.88. The number of hydrazone groups is 1. The zero-order valence-corrected chi connectivity index (χ0v) is 36.1. The quantitative estimate of drug-likeness (QED) is 0.0386. The fourth-order valence-electron chi connectivity index (χ4n) is 5.96. The molecule has 0 saturated heterocycles. The Bertz CT molecular complexity index is 2060. The first kappa shape index (κ1) is 43.8. The van der Waals surface area contributed by atoms with Gasteiger partial charge in [0.1, 0.15) is 6.73 Å². The molecule has 5 rings (SSSR count). The Morgan fingerprint density at radius 2 is 1.70 bits per heavy atom. The maximum atomic E-state index is 13.4. The summed E-state index contributed by atoms with van der Waals surface area (Å²) in [6, 6.07) is 18.3. The lowest BCUT2D eigenvalue weighted by Crippen LogP contribution is -2.38. The van der Waals surface area contributed by atoms with Crippen molar-refractivity contribution < 1.29 is 27.6 Å². The Balaban J connectivity index is 1.24. The predicted molar refractivity (Wildman–Crippen MR) is 228 cm³/mol. The number of hydrogen-bond donors (Lipinski definition) is 3. The maximum absolute atomic E-state index is 13.4. The van der Waals surface area contributed by atoms with Crippen molar-refractivity contribution in [1.82, 2.24) is 10.5 Å². The summed E-state index contributed by atoms with van der Waals surface area (Å²) in [5.41, 5.74) is 5.29. The number of nitrogens with one attached hydrogen (secondary N) is 3. The number of hydrogen-bond acceptors (Lipinski definition) is 14. The Hall–Kier alpha value is -4.32. The zero-order valence-electron chi connectivity index (χ0n) is 33.7. The zero-order chi connectivity index (χ0) is 41.5. The fraction of sp³-hybridized carbons (Fsp3) is 0.475. The first-order chi connectivity index (χ1) is 26.9. The summed E-state index contributed by atoms with van der Waals surface area (Å²) in [5, 5.41) is 21.2. The van der Waals surface area contributed by atoms with Crippen LogP contribution in [-0.2, 0) is 19.5 Å². The van der Waals surface area contributed by atoms with E-state index in [-0.39, 0.29) is 50.4 Å². The van der Waals surface area contributed by atoms with E-state index in [1.165, 1.54) is 12.1 Å². The largest absolute Gasteiger partial charge is 0.457 e. The van der Waals surface area contributed by atoms with Gasteiger partial charge in [0.2, 0.25) is 0 Å². The third kappa shape index (κ3) is 11.9. The summed E-state index contributed by atoms with van der Waals surface area (Å²) < 4.78 is 40.4. The van der Waals surface area contributed by atoms with Crippen molar-refractivity contribution in [2.45, 2.75) is 113 Å². The van der Waals surface area contributed by atoms with Gasteiger partial charge in [-0.1, -0.05) is 53.9 Å². The van der Waals surface area contributed by atoms with Crippen LogP contribution in [0.1, 0.15) is 86.6 Å². The van der Waals surface area contributed by atoms with E-state index >= 15 is 0 Å². The molecule has 0 aliphatic carbocycles. The molecule has 0 spiro atoms. The molecule has 3 aromatic rings. The lowest BCUT2D eigenvalue weighted by Gasteiger charge is -2.25. The average Bonchev–Trinajstić information content (AvgIpc) is 3.71. The molecular weight excluding hydrogens is 787 g/mol. The molecule has 3 N–H and O–H groups in total. The Morgan fingerprint density at radius 1 is 1.02 bits per heavy atom. The van der Waals surface area contributed by atoms with Gasteiger partial charge in [-0.3, -0.25) is 20.3 Å². The van der Waals surface area contributed by atoms with E-state index in [0.717, 1.165) is 53.6 Å². The molecule has 3 atom stereocenters. The minimum absolute atomic E-state index is 0.00680. The highest BCUT2D eigenvalue weighted by molar-refractivity contribution is 8.13. The average molecular weight is 840 g/mol. The van der Waals surface area contributed by atoms with E-state index in [1.807, 2.05) is 39.8 Å². The van der Waals surface area contributed by atoms with E-state index in [2.05, 4.69) is 55.3 Å². The minimum atomic E-state index is -4.23. The Kier molecular flexibility index (Phi) is 14.2. The highest BCUT2D eigenvalue weighted by atomic mass is 32.2. The number of ether oxygens (including phenoxy) is 2. The van der Waals surface area contributed by atoms with Crippen LogP contribution in [0.2, 0.25) is 0 Å².